The summed E-state index contributed by atoms with van der Waals surface area (Å²) in [6.07, 6.45) is 5.41. The van der Waals surface area contributed by atoms with Crippen LogP contribution in [-0.2, 0) is 6.54 Å². The Morgan fingerprint density at radius 3 is 2.82 bits per heavy atom. The molecule has 0 aromatic carbocycles. The molecule has 2 N–H and O–H groups in total. The summed E-state index contributed by atoms with van der Waals surface area (Å²) in [7, 11) is 0. The number of pyridine rings is 1. The minimum absolute atomic E-state index is 0.231. The quantitative estimate of drug-likeness (QED) is 0.842. The summed E-state index contributed by atoms with van der Waals surface area (Å²) in [4.78, 5) is 4.19. The van der Waals surface area contributed by atoms with Gasteiger partial charge in [-0.05, 0) is 36.8 Å². The van der Waals surface area contributed by atoms with E-state index in [2.05, 4.69) is 24.1 Å². The summed E-state index contributed by atoms with van der Waals surface area (Å²) >= 11 is 0. The molecule has 0 saturated heterocycles. The van der Waals surface area contributed by atoms with Gasteiger partial charge in [-0.2, -0.15) is 0 Å². The molecule has 1 fully saturated rings. The van der Waals surface area contributed by atoms with Gasteiger partial charge >= 0.3 is 0 Å². The van der Waals surface area contributed by atoms with Gasteiger partial charge in [0.25, 0.3) is 0 Å². The molecule has 0 spiro atoms. The Hall–Kier alpha value is -1.09. The molecule has 94 valence electrons. The van der Waals surface area contributed by atoms with Gasteiger partial charge in [-0.25, -0.2) is 0 Å². The molecule has 3 unspecified atom stereocenters. The van der Waals surface area contributed by atoms with E-state index in [-0.39, 0.29) is 5.75 Å². The van der Waals surface area contributed by atoms with Gasteiger partial charge in [0.05, 0.1) is 11.9 Å². The molecule has 17 heavy (non-hydrogen) atoms. The van der Waals surface area contributed by atoms with E-state index in [9.17, 15) is 0 Å². The van der Waals surface area contributed by atoms with Crippen LogP contribution in [0.4, 0.5) is 0 Å². The molecule has 1 heterocycles. The minimum Gasteiger partial charge on any atom is -0.506 e. The van der Waals surface area contributed by atoms with E-state index < -0.39 is 0 Å². The Balaban J connectivity index is 1.84. The zero-order valence-electron chi connectivity index (χ0n) is 10.7. The summed E-state index contributed by atoms with van der Waals surface area (Å²) in [5.41, 5.74) is 0.995. The van der Waals surface area contributed by atoms with Crippen LogP contribution < -0.4 is 5.32 Å². The van der Waals surface area contributed by atoms with Crippen molar-refractivity contribution in [2.75, 3.05) is 0 Å². The van der Waals surface area contributed by atoms with Gasteiger partial charge in [0.1, 0.15) is 5.75 Å². The Morgan fingerprint density at radius 1 is 1.41 bits per heavy atom. The summed E-state index contributed by atoms with van der Waals surface area (Å²) in [6.45, 7) is 5.43. The van der Waals surface area contributed by atoms with Gasteiger partial charge in [-0.1, -0.05) is 20.3 Å². The van der Waals surface area contributed by atoms with Gasteiger partial charge in [0.15, 0.2) is 0 Å². The number of rotatable bonds is 4. The number of nitrogens with one attached hydrogen (secondary N) is 1. The second kappa shape index (κ2) is 5.50. The maximum atomic E-state index is 9.16. The highest BCUT2D eigenvalue weighted by Gasteiger charge is 2.30. The maximum Gasteiger partial charge on any atom is 0.133 e. The molecule has 1 aromatic heterocycles. The Kier molecular flexibility index (Phi) is 4.00. The standard InChI is InChI=1S/C14H22N2O/c1-3-11-4-7-14(10(11)2)16-8-12-5-6-13(17)9-15-12/h5-6,9-11,14,16-17H,3-4,7-8H2,1-2H3. The van der Waals surface area contributed by atoms with Crippen LogP contribution in [-0.4, -0.2) is 16.1 Å². The predicted molar refractivity (Wildman–Crippen MR) is 68.7 cm³/mol. The second-order valence-electron chi connectivity index (χ2n) is 5.10. The van der Waals surface area contributed by atoms with E-state index in [0.29, 0.717) is 6.04 Å². The number of nitrogens with zero attached hydrogens (tertiary/aromatic N) is 1. The third-order valence-corrected chi connectivity index (χ3v) is 4.11. The molecule has 2 rings (SSSR count). The van der Waals surface area contributed by atoms with E-state index in [1.807, 2.05) is 6.07 Å². The highest BCUT2D eigenvalue weighted by molar-refractivity contribution is 5.17. The third-order valence-electron chi connectivity index (χ3n) is 4.11. The highest BCUT2D eigenvalue weighted by Crippen LogP contribution is 2.33. The fraction of sp³-hybridized carbons (Fsp3) is 0.643. The molecule has 1 aliphatic rings. The van der Waals surface area contributed by atoms with Crippen LogP contribution in [0.25, 0.3) is 0 Å². The van der Waals surface area contributed by atoms with E-state index in [1.165, 1.54) is 25.5 Å². The van der Waals surface area contributed by atoms with E-state index in [0.717, 1.165) is 24.1 Å². The lowest BCUT2D eigenvalue weighted by Gasteiger charge is -2.20. The van der Waals surface area contributed by atoms with Crippen molar-refractivity contribution in [1.29, 1.82) is 0 Å². The van der Waals surface area contributed by atoms with Crippen molar-refractivity contribution in [1.82, 2.24) is 10.3 Å². The summed E-state index contributed by atoms with van der Waals surface area (Å²) < 4.78 is 0. The molecule has 0 amide bonds. The molecular formula is C14H22N2O. The molecule has 0 bridgehead atoms. The van der Waals surface area contributed by atoms with Crippen molar-refractivity contribution in [2.45, 2.75) is 45.7 Å². The van der Waals surface area contributed by atoms with Crippen LogP contribution in [0, 0.1) is 11.8 Å². The van der Waals surface area contributed by atoms with E-state index in [1.54, 1.807) is 6.07 Å². The van der Waals surface area contributed by atoms with Crippen LogP contribution in [0.15, 0.2) is 18.3 Å². The van der Waals surface area contributed by atoms with Crippen molar-refractivity contribution < 1.29 is 5.11 Å². The molecule has 3 heteroatoms. The number of aromatic hydroxyl groups is 1. The molecule has 0 aliphatic heterocycles. The Bertz CT molecular complexity index is 350. The van der Waals surface area contributed by atoms with Crippen molar-refractivity contribution in [3.63, 3.8) is 0 Å². The fourth-order valence-electron chi connectivity index (χ4n) is 2.87. The first kappa shape index (κ1) is 12.4. The maximum absolute atomic E-state index is 9.16. The SMILES string of the molecule is CCC1CCC(NCc2ccc(O)cn2)C1C. The summed E-state index contributed by atoms with van der Waals surface area (Å²) in [5, 5.41) is 12.7. The third kappa shape index (κ3) is 2.97. The summed E-state index contributed by atoms with van der Waals surface area (Å²) in [5.74, 6) is 1.87. The lowest BCUT2D eigenvalue weighted by molar-refractivity contribution is 0.343. The normalized spacial score (nSPS) is 28.5. The molecular weight excluding hydrogens is 212 g/mol. The first-order chi connectivity index (χ1) is 8.20. The average Bonchev–Trinajstić information content (AvgIpc) is 2.69. The van der Waals surface area contributed by atoms with E-state index in [4.69, 9.17) is 5.11 Å². The molecule has 0 radical (unpaired) electrons. The van der Waals surface area contributed by atoms with Crippen LogP contribution >= 0.6 is 0 Å². The lowest BCUT2D eigenvalue weighted by atomic mass is 9.93. The van der Waals surface area contributed by atoms with Gasteiger partial charge in [-0.3, -0.25) is 4.98 Å². The smallest absolute Gasteiger partial charge is 0.133 e. The monoisotopic (exact) mass is 234 g/mol. The van der Waals surface area contributed by atoms with Crippen LogP contribution in [0.1, 0.15) is 38.8 Å². The molecule has 1 saturated carbocycles. The zero-order chi connectivity index (χ0) is 12.3. The molecule has 3 atom stereocenters. The first-order valence-corrected chi connectivity index (χ1v) is 6.58. The first-order valence-electron chi connectivity index (χ1n) is 6.58. The molecule has 1 aliphatic carbocycles. The predicted octanol–water partition coefficient (Wildman–Crippen LogP) is 2.70. The topological polar surface area (TPSA) is 45.1 Å². The number of aromatic nitrogens is 1. The Morgan fingerprint density at radius 2 is 2.24 bits per heavy atom. The van der Waals surface area contributed by atoms with E-state index >= 15 is 0 Å². The lowest BCUT2D eigenvalue weighted by Crippen LogP contribution is -2.32. The van der Waals surface area contributed by atoms with Crippen LogP contribution in [0.5, 0.6) is 5.75 Å². The molecule has 1 aromatic rings. The average molecular weight is 234 g/mol. The molecule has 3 nitrogen and oxygen atoms in total. The van der Waals surface area contributed by atoms with Crippen LogP contribution in [0.3, 0.4) is 0 Å². The van der Waals surface area contributed by atoms with Gasteiger partial charge < -0.3 is 10.4 Å². The number of hydrogen-bond acceptors (Lipinski definition) is 3. The number of hydrogen-bond donors (Lipinski definition) is 2. The zero-order valence-corrected chi connectivity index (χ0v) is 10.7. The summed E-state index contributed by atoms with van der Waals surface area (Å²) in [6, 6.07) is 4.19. The minimum atomic E-state index is 0.231. The van der Waals surface area contributed by atoms with Crippen molar-refractivity contribution >= 4 is 0 Å². The van der Waals surface area contributed by atoms with Crippen LogP contribution in [0.2, 0.25) is 0 Å². The van der Waals surface area contributed by atoms with Gasteiger partial charge in [0, 0.05) is 12.6 Å². The van der Waals surface area contributed by atoms with Gasteiger partial charge in [-0.15, -0.1) is 0 Å². The van der Waals surface area contributed by atoms with Crippen molar-refractivity contribution in [3.8, 4) is 5.75 Å². The largest absolute Gasteiger partial charge is 0.506 e. The van der Waals surface area contributed by atoms with Crippen molar-refractivity contribution in [3.05, 3.63) is 24.0 Å². The van der Waals surface area contributed by atoms with Crippen molar-refractivity contribution in [2.24, 2.45) is 11.8 Å². The fourth-order valence-corrected chi connectivity index (χ4v) is 2.87. The highest BCUT2D eigenvalue weighted by atomic mass is 16.3. The van der Waals surface area contributed by atoms with Gasteiger partial charge in [0.2, 0.25) is 0 Å². The Labute approximate surface area is 103 Å². The second-order valence-corrected chi connectivity index (χ2v) is 5.10.